The number of nitrogen functional groups attached to an aromatic ring is 1. The standard InChI is InChI=1S/C23H25N5O3S2/c24-17-18(21(25)29)27-33-20(17)23(31)28(13-14-7-2-1-3-8-14)19(16-11-6-12-32-16)22(30)26-15-9-4-5-10-15/h1-3,6-8,11-12,15,19H,4-5,9-10,13,24H2,(H2,25,29)(H,26,30)/t19-/m1/s1. The largest absolute Gasteiger partial charge is 0.395 e. The van der Waals surface area contributed by atoms with Crippen molar-refractivity contribution in [2.24, 2.45) is 5.73 Å². The maximum Gasteiger partial charge on any atom is 0.270 e. The first-order valence-corrected chi connectivity index (χ1v) is 12.3. The van der Waals surface area contributed by atoms with Crippen LogP contribution >= 0.6 is 22.9 Å². The van der Waals surface area contributed by atoms with Crippen LogP contribution in [0.3, 0.4) is 0 Å². The number of primary amides is 1. The number of nitrogens with zero attached hydrogens (tertiary/aromatic N) is 2. The molecule has 0 saturated heterocycles. The minimum absolute atomic E-state index is 0.0586. The van der Waals surface area contributed by atoms with Crippen LogP contribution in [0.2, 0.25) is 0 Å². The summed E-state index contributed by atoms with van der Waals surface area (Å²) in [7, 11) is 0. The summed E-state index contributed by atoms with van der Waals surface area (Å²) in [5.74, 6) is -1.50. The molecule has 5 N–H and O–H groups in total. The zero-order valence-electron chi connectivity index (χ0n) is 17.9. The van der Waals surface area contributed by atoms with Gasteiger partial charge in [0.25, 0.3) is 11.8 Å². The number of carbonyl (C=O) groups excluding carboxylic acids is 3. The van der Waals surface area contributed by atoms with Crippen molar-refractivity contribution in [3.8, 4) is 0 Å². The van der Waals surface area contributed by atoms with Crippen molar-refractivity contribution < 1.29 is 14.4 Å². The van der Waals surface area contributed by atoms with Gasteiger partial charge in [-0.2, -0.15) is 4.37 Å². The highest BCUT2D eigenvalue weighted by Crippen LogP contribution is 2.32. The Kier molecular flexibility index (Phi) is 7.05. The average molecular weight is 484 g/mol. The Bertz CT molecular complexity index is 1120. The molecule has 1 aliphatic rings. The van der Waals surface area contributed by atoms with Gasteiger partial charge >= 0.3 is 0 Å². The second-order valence-electron chi connectivity index (χ2n) is 7.96. The average Bonchev–Trinajstić information content (AvgIpc) is 3.56. The fraction of sp³-hybridized carbons (Fsp3) is 0.304. The quantitative estimate of drug-likeness (QED) is 0.452. The topological polar surface area (TPSA) is 131 Å². The maximum atomic E-state index is 13.8. The van der Waals surface area contributed by atoms with Gasteiger partial charge in [-0.05, 0) is 41.4 Å². The van der Waals surface area contributed by atoms with Gasteiger partial charge in [0, 0.05) is 17.5 Å². The number of amides is 3. The van der Waals surface area contributed by atoms with E-state index >= 15 is 0 Å². The van der Waals surface area contributed by atoms with E-state index in [-0.39, 0.29) is 34.8 Å². The van der Waals surface area contributed by atoms with Crippen LogP contribution in [-0.4, -0.2) is 33.0 Å². The van der Waals surface area contributed by atoms with E-state index in [2.05, 4.69) is 9.69 Å². The number of thiophene rings is 1. The van der Waals surface area contributed by atoms with E-state index in [0.29, 0.717) is 0 Å². The second kappa shape index (κ2) is 10.1. The summed E-state index contributed by atoms with van der Waals surface area (Å²) < 4.78 is 3.97. The molecule has 0 unspecified atom stereocenters. The number of nitrogens with one attached hydrogen (secondary N) is 1. The lowest BCUT2D eigenvalue weighted by atomic mass is 10.1. The molecule has 1 fully saturated rings. The number of hydrogen-bond acceptors (Lipinski definition) is 7. The van der Waals surface area contributed by atoms with Crippen LogP contribution in [0.5, 0.6) is 0 Å². The summed E-state index contributed by atoms with van der Waals surface area (Å²) in [6, 6.07) is 12.4. The van der Waals surface area contributed by atoms with Gasteiger partial charge in [0.2, 0.25) is 5.91 Å². The molecule has 0 bridgehead atoms. The molecule has 3 amide bonds. The van der Waals surface area contributed by atoms with E-state index in [4.69, 9.17) is 11.5 Å². The summed E-state index contributed by atoms with van der Waals surface area (Å²) in [5, 5.41) is 5.01. The molecule has 1 atom stereocenters. The van der Waals surface area contributed by atoms with Crippen molar-refractivity contribution in [1.82, 2.24) is 14.6 Å². The first-order chi connectivity index (χ1) is 16.0. The normalized spacial score (nSPS) is 14.7. The lowest BCUT2D eigenvalue weighted by molar-refractivity contribution is -0.126. The molecule has 3 aromatic rings. The van der Waals surface area contributed by atoms with Crippen molar-refractivity contribution in [3.63, 3.8) is 0 Å². The third-order valence-electron chi connectivity index (χ3n) is 5.69. The Balaban J connectivity index is 1.74. The van der Waals surface area contributed by atoms with E-state index in [1.54, 1.807) is 0 Å². The third-order valence-corrected chi connectivity index (χ3v) is 7.46. The van der Waals surface area contributed by atoms with Crippen molar-refractivity contribution in [1.29, 1.82) is 0 Å². The van der Waals surface area contributed by atoms with Crippen LogP contribution in [0.25, 0.3) is 0 Å². The lowest BCUT2D eigenvalue weighted by Crippen LogP contribution is -2.45. The van der Waals surface area contributed by atoms with Crippen LogP contribution < -0.4 is 16.8 Å². The van der Waals surface area contributed by atoms with Crippen LogP contribution in [0.4, 0.5) is 5.69 Å². The molecule has 2 heterocycles. The number of nitrogens with two attached hydrogens (primary N) is 2. The van der Waals surface area contributed by atoms with Crippen molar-refractivity contribution >= 4 is 46.3 Å². The zero-order valence-corrected chi connectivity index (χ0v) is 19.5. The first kappa shape index (κ1) is 22.9. The van der Waals surface area contributed by atoms with E-state index < -0.39 is 17.9 Å². The van der Waals surface area contributed by atoms with E-state index in [1.165, 1.54) is 16.2 Å². The summed E-state index contributed by atoms with van der Waals surface area (Å²) in [4.78, 5) is 41.3. The number of benzene rings is 1. The molecule has 4 rings (SSSR count). The molecular weight excluding hydrogens is 458 g/mol. The highest BCUT2D eigenvalue weighted by Gasteiger charge is 2.36. The third kappa shape index (κ3) is 5.07. The summed E-state index contributed by atoms with van der Waals surface area (Å²) in [6.45, 7) is 0.184. The molecule has 1 saturated carbocycles. The van der Waals surface area contributed by atoms with Gasteiger partial charge in [0.15, 0.2) is 5.69 Å². The Morgan fingerprint density at radius 3 is 2.45 bits per heavy atom. The maximum absolute atomic E-state index is 13.8. The summed E-state index contributed by atoms with van der Waals surface area (Å²) in [6.07, 6.45) is 4.02. The predicted octanol–water partition coefficient (Wildman–Crippen LogP) is 3.33. The van der Waals surface area contributed by atoms with Gasteiger partial charge in [0.1, 0.15) is 10.9 Å². The van der Waals surface area contributed by atoms with Crippen molar-refractivity contribution in [3.05, 3.63) is 68.9 Å². The molecular formula is C23H25N5O3S2. The second-order valence-corrected chi connectivity index (χ2v) is 9.72. The number of anilines is 1. The number of aromatic nitrogens is 1. The minimum atomic E-state index is -0.850. The molecule has 8 nitrogen and oxygen atoms in total. The highest BCUT2D eigenvalue weighted by molar-refractivity contribution is 7.10. The molecule has 0 radical (unpaired) electrons. The molecule has 10 heteroatoms. The number of carbonyl (C=O) groups is 3. The molecule has 0 aliphatic heterocycles. The number of hydrogen-bond donors (Lipinski definition) is 3. The Morgan fingerprint density at radius 2 is 1.85 bits per heavy atom. The number of rotatable bonds is 8. The molecule has 1 aliphatic carbocycles. The van der Waals surface area contributed by atoms with Gasteiger partial charge in [-0.1, -0.05) is 49.2 Å². The van der Waals surface area contributed by atoms with E-state index in [1.807, 2.05) is 47.8 Å². The highest BCUT2D eigenvalue weighted by atomic mass is 32.1. The molecule has 2 aromatic heterocycles. The van der Waals surface area contributed by atoms with E-state index in [0.717, 1.165) is 47.7 Å². The van der Waals surface area contributed by atoms with Crippen LogP contribution in [0, 0.1) is 0 Å². The lowest BCUT2D eigenvalue weighted by Gasteiger charge is -2.31. The molecule has 33 heavy (non-hydrogen) atoms. The van der Waals surface area contributed by atoms with Crippen LogP contribution in [0.1, 0.15) is 62.3 Å². The molecule has 0 spiro atoms. The Labute approximate surface area is 199 Å². The van der Waals surface area contributed by atoms with Gasteiger partial charge in [-0.15, -0.1) is 11.3 Å². The smallest absolute Gasteiger partial charge is 0.270 e. The van der Waals surface area contributed by atoms with Gasteiger partial charge in [-0.3, -0.25) is 14.4 Å². The van der Waals surface area contributed by atoms with Gasteiger partial charge in [-0.25, -0.2) is 0 Å². The Morgan fingerprint density at radius 1 is 1.12 bits per heavy atom. The van der Waals surface area contributed by atoms with Crippen LogP contribution in [0.15, 0.2) is 47.8 Å². The molecule has 172 valence electrons. The summed E-state index contributed by atoms with van der Waals surface area (Å²) >= 11 is 2.23. The summed E-state index contributed by atoms with van der Waals surface area (Å²) in [5.41, 5.74) is 12.1. The predicted molar refractivity (Wildman–Crippen MR) is 129 cm³/mol. The Hall–Kier alpha value is -3.24. The SMILES string of the molecule is NC(=O)c1nsc(C(=O)N(Cc2ccccc2)[C@@H](C(=O)NC2CCCC2)c2cccs2)c1N. The fourth-order valence-corrected chi connectivity index (χ4v) is 5.64. The van der Waals surface area contributed by atoms with Crippen LogP contribution in [-0.2, 0) is 11.3 Å². The molecule has 1 aromatic carbocycles. The van der Waals surface area contributed by atoms with Crippen molar-refractivity contribution in [2.75, 3.05) is 5.73 Å². The van der Waals surface area contributed by atoms with Gasteiger partial charge in [0.05, 0.1) is 5.69 Å². The minimum Gasteiger partial charge on any atom is -0.395 e. The van der Waals surface area contributed by atoms with E-state index in [9.17, 15) is 14.4 Å². The first-order valence-electron chi connectivity index (χ1n) is 10.7. The van der Waals surface area contributed by atoms with Gasteiger partial charge < -0.3 is 21.7 Å². The van der Waals surface area contributed by atoms with Crippen molar-refractivity contribution in [2.45, 2.75) is 44.3 Å². The zero-order chi connectivity index (χ0) is 23.4. The monoisotopic (exact) mass is 483 g/mol. The fourth-order valence-electron chi connectivity index (χ4n) is 4.04.